The summed E-state index contributed by atoms with van der Waals surface area (Å²) in [5.41, 5.74) is 0. The molecule has 4 heteroatoms. The molecule has 2 N–H and O–H groups in total. The van der Waals surface area contributed by atoms with Crippen molar-refractivity contribution in [1.82, 2.24) is 4.90 Å². The Kier molecular flexibility index (Phi) is 10.3. The Balaban J connectivity index is 0. The molecule has 0 fully saturated rings. The van der Waals surface area contributed by atoms with E-state index in [0.717, 1.165) is 0 Å². The zero-order valence-electron chi connectivity index (χ0n) is 7.02. The second kappa shape index (κ2) is 8.74. The Labute approximate surface area is 79.4 Å². The van der Waals surface area contributed by atoms with Gasteiger partial charge in [0.15, 0.2) is 6.29 Å². The van der Waals surface area contributed by atoms with Crippen LogP contribution in [0, 0.1) is 0 Å². The highest BCUT2D eigenvalue weighted by Crippen LogP contribution is 1.90. The largest absolute Gasteiger partial charge is 0.367 e. The lowest BCUT2D eigenvalue weighted by Crippen LogP contribution is -2.32. The first-order chi connectivity index (χ1) is 5.20. The first-order valence-corrected chi connectivity index (χ1v) is 3.51. The van der Waals surface area contributed by atoms with Crippen LogP contribution in [-0.2, 0) is 0 Å². The van der Waals surface area contributed by atoms with E-state index >= 15 is 0 Å². The lowest BCUT2D eigenvalue weighted by molar-refractivity contribution is -0.0578. The molecule has 0 aromatic carbocycles. The Morgan fingerprint density at radius 2 is 1.58 bits per heavy atom. The number of halogens is 1. The molecule has 0 saturated carbocycles. The maximum absolute atomic E-state index is 8.62. The molecule has 0 radical (unpaired) electrons. The van der Waals surface area contributed by atoms with Gasteiger partial charge in [0.1, 0.15) is 0 Å². The van der Waals surface area contributed by atoms with Gasteiger partial charge in [0.05, 0.1) is 0 Å². The van der Waals surface area contributed by atoms with E-state index in [9.17, 15) is 0 Å². The SMILES string of the molecule is C=CCN(CC=C)CC(O)O.Cl. The molecule has 0 saturated heterocycles. The standard InChI is InChI=1S/C8H15NO2.ClH/c1-3-5-9(6-4-2)7-8(10)11;/h3-4,8,10-11H,1-2,5-7H2;1H. The third kappa shape index (κ3) is 7.75. The number of nitrogens with zero attached hydrogens (tertiary/aromatic N) is 1. The normalized spacial score (nSPS) is 9.67. The summed E-state index contributed by atoms with van der Waals surface area (Å²) in [6.45, 7) is 8.62. The fraction of sp³-hybridized carbons (Fsp3) is 0.500. The molecule has 72 valence electrons. The quantitative estimate of drug-likeness (QED) is 0.474. The van der Waals surface area contributed by atoms with E-state index in [1.165, 1.54) is 0 Å². The molecule has 0 bridgehead atoms. The van der Waals surface area contributed by atoms with Crippen molar-refractivity contribution in [3.05, 3.63) is 25.3 Å². The van der Waals surface area contributed by atoms with Crippen LogP contribution in [0.25, 0.3) is 0 Å². The van der Waals surface area contributed by atoms with Gasteiger partial charge in [-0.25, -0.2) is 0 Å². The van der Waals surface area contributed by atoms with Crippen LogP contribution in [0.3, 0.4) is 0 Å². The zero-order valence-corrected chi connectivity index (χ0v) is 7.83. The highest BCUT2D eigenvalue weighted by molar-refractivity contribution is 5.85. The van der Waals surface area contributed by atoms with Crippen molar-refractivity contribution in [2.75, 3.05) is 19.6 Å². The molecule has 0 atom stereocenters. The van der Waals surface area contributed by atoms with Crippen molar-refractivity contribution in [3.63, 3.8) is 0 Å². The highest BCUT2D eigenvalue weighted by atomic mass is 35.5. The Morgan fingerprint density at radius 3 is 1.83 bits per heavy atom. The molecule has 0 amide bonds. The summed E-state index contributed by atoms with van der Waals surface area (Å²) in [5, 5.41) is 17.2. The van der Waals surface area contributed by atoms with Crippen molar-refractivity contribution in [3.8, 4) is 0 Å². The molecule has 0 unspecified atom stereocenters. The second-order valence-corrected chi connectivity index (χ2v) is 2.28. The Morgan fingerprint density at radius 1 is 1.17 bits per heavy atom. The molecular formula is C8H16ClNO2. The van der Waals surface area contributed by atoms with Crippen molar-refractivity contribution in [1.29, 1.82) is 0 Å². The van der Waals surface area contributed by atoms with Gasteiger partial charge in [-0.2, -0.15) is 0 Å². The van der Waals surface area contributed by atoms with Gasteiger partial charge in [0, 0.05) is 19.6 Å². The number of hydrogen-bond donors (Lipinski definition) is 2. The number of rotatable bonds is 6. The number of hydrogen-bond acceptors (Lipinski definition) is 3. The van der Waals surface area contributed by atoms with Gasteiger partial charge in [-0.3, -0.25) is 4.90 Å². The van der Waals surface area contributed by atoms with Crippen LogP contribution in [0.4, 0.5) is 0 Å². The minimum Gasteiger partial charge on any atom is -0.367 e. The highest BCUT2D eigenvalue weighted by Gasteiger charge is 2.04. The summed E-state index contributed by atoms with van der Waals surface area (Å²) >= 11 is 0. The van der Waals surface area contributed by atoms with Crippen molar-refractivity contribution in [2.45, 2.75) is 6.29 Å². The monoisotopic (exact) mass is 193 g/mol. The first kappa shape index (κ1) is 14.2. The van der Waals surface area contributed by atoms with Gasteiger partial charge in [0.25, 0.3) is 0 Å². The molecule has 0 aliphatic carbocycles. The molecule has 0 aromatic heterocycles. The topological polar surface area (TPSA) is 43.7 Å². The molecule has 0 aliphatic rings. The summed E-state index contributed by atoms with van der Waals surface area (Å²) < 4.78 is 0. The lowest BCUT2D eigenvalue weighted by Gasteiger charge is -2.19. The second-order valence-electron chi connectivity index (χ2n) is 2.28. The van der Waals surface area contributed by atoms with Gasteiger partial charge in [-0.05, 0) is 0 Å². The van der Waals surface area contributed by atoms with E-state index in [1.54, 1.807) is 12.2 Å². The van der Waals surface area contributed by atoms with Crippen LogP contribution >= 0.6 is 12.4 Å². The van der Waals surface area contributed by atoms with Crippen LogP contribution in [0.1, 0.15) is 0 Å². The molecule has 0 aliphatic heterocycles. The predicted octanol–water partition coefficient (Wildman–Crippen LogP) is 0.393. The van der Waals surface area contributed by atoms with E-state index in [2.05, 4.69) is 13.2 Å². The molecule has 0 aromatic rings. The molecule has 0 heterocycles. The lowest BCUT2D eigenvalue weighted by atomic mass is 10.4. The third-order valence-corrected chi connectivity index (χ3v) is 1.20. The Bertz CT molecular complexity index is 118. The third-order valence-electron chi connectivity index (χ3n) is 1.20. The van der Waals surface area contributed by atoms with E-state index in [1.807, 2.05) is 4.90 Å². The predicted molar refractivity (Wildman–Crippen MR) is 52.3 cm³/mol. The van der Waals surface area contributed by atoms with Crippen LogP contribution in [0.2, 0.25) is 0 Å². The summed E-state index contributed by atoms with van der Waals surface area (Å²) in [6.07, 6.45) is 2.15. The number of aliphatic hydroxyl groups is 2. The van der Waals surface area contributed by atoms with Gasteiger partial charge in [0.2, 0.25) is 0 Å². The molecule has 0 rings (SSSR count). The van der Waals surface area contributed by atoms with Crippen LogP contribution in [0.15, 0.2) is 25.3 Å². The first-order valence-electron chi connectivity index (χ1n) is 3.51. The van der Waals surface area contributed by atoms with E-state index in [0.29, 0.717) is 13.1 Å². The van der Waals surface area contributed by atoms with Gasteiger partial charge >= 0.3 is 0 Å². The maximum atomic E-state index is 8.62. The summed E-state index contributed by atoms with van der Waals surface area (Å²) in [5.74, 6) is 0. The fourth-order valence-corrected chi connectivity index (χ4v) is 0.820. The summed E-state index contributed by atoms with van der Waals surface area (Å²) in [6, 6.07) is 0. The van der Waals surface area contributed by atoms with Gasteiger partial charge in [-0.15, -0.1) is 25.6 Å². The number of aliphatic hydroxyl groups excluding tert-OH is 1. The fourth-order valence-electron chi connectivity index (χ4n) is 0.820. The molecule has 3 nitrogen and oxygen atoms in total. The van der Waals surface area contributed by atoms with Crippen molar-refractivity contribution >= 4 is 12.4 Å². The molecule has 12 heavy (non-hydrogen) atoms. The van der Waals surface area contributed by atoms with E-state index in [-0.39, 0.29) is 19.0 Å². The van der Waals surface area contributed by atoms with E-state index in [4.69, 9.17) is 10.2 Å². The summed E-state index contributed by atoms with van der Waals surface area (Å²) in [4.78, 5) is 1.82. The van der Waals surface area contributed by atoms with Crippen molar-refractivity contribution < 1.29 is 10.2 Å². The maximum Gasteiger partial charge on any atom is 0.164 e. The van der Waals surface area contributed by atoms with Gasteiger partial charge < -0.3 is 10.2 Å². The van der Waals surface area contributed by atoms with Crippen LogP contribution < -0.4 is 0 Å². The van der Waals surface area contributed by atoms with Crippen LogP contribution in [0.5, 0.6) is 0 Å². The average Bonchev–Trinajstić information content (AvgIpc) is 1.87. The minimum absolute atomic E-state index is 0. The Hall–Kier alpha value is -0.350. The average molecular weight is 194 g/mol. The van der Waals surface area contributed by atoms with Crippen molar-refractivity contribution in [2.24, 2.45) is 0 Å². The molecule has 0 spiro atoms. The summed E-state index contributed by atoms with van der Waals surface area (Å²) in [7, 11) is 0. The van der Waals surface area contributed by atoms with Crippen LogP contribution in [-0.4, -0.2) is 41.0 Å². The van der Waals surface area contributed by atoms with E-state index < -0.39 is 6.29 Å². The zero-order chi connectivity index (χ0) is 8.69. The van der Waals surface area contributed by atoms with Gasteiger partial charge in [-0.1, -0.05) is 12.2 Å². The smallest absolute Gasteiger partial charge is 0.164 e. The minimum atomic E-state index is -1.28. The molecular weight excluding hydrogens is 178 g/mol.